The summed E-state index contributed by atoms with van der Waals surface area (Å²) in [5.74, 6) is 2.35. The van der Waals surface area contributed by atoms with E-state index >= 15 is 0 Å². The van der Waals surface area contributed by atoms with Gasteiger partial charge in [-0.3, -0.25) is 4.79 Å². The fourth-order valence-corrected chi connectivity index (χ4v) is 2.80. The standard InChI is InChI=1S/C14H15N3OS/c1-3-6-9(4-2)17-13(18)12-11(15)10-7-5-8-16-14(10)19-12/h2,5,7-9H,3,6,15H2,1H3,(H,17,18). The molecular weight excluding hydrogens is 258 g/mol. The first-order valence-corrected chi connectivity index (χ1v) is 6.89. The maximum absolute atomic E-state index is 12.2. The molecule has 3 N–H and O–H groups in total. The third kappa shape index (κ3) is 2.69. The fraction of sp³-hybridized carbons (Fsp3) is 0.286. The Morgan fingerprint density at radius 2 is 2.47 bits per heavy atom. The molecule has 19 heavy (non-hydrogen) atoms. The Morgan fingerprint density at radius 3 is 3.11 bits per heavy atom. The number of hydrogen-bond donors (Lipinski definition) is 2. The number of carbonyl (C=O) groups is 1. The van der Waals surface area contributed by atoms with Crippen LogP contribution >= 0.6 is 11.3 Å². The predicted octanol–water partition coefficient (Wildman–Crippen LogP) is 2.41. The lowest BCUT2D eigenvalue weighted by molar-refractivity contribution is 0.0949. The van der Waals surface area contributed by atoms with E-state index in [-0.39, 0.29) is 11.9 Å². The highest BCUT2D eigenvalue weighted by Gasteiger charge is 2.18. The maximum Gasteiger partial charge on any atom is 0.264 e. The van der Waals surface area contributed by atoms with Crippen molar-refractivity contribution in [2.75, 3.05) is 5.73 Å². The first-order valence-electron chi connectivity index (χ1n) is 6.07. The quantitative estimate of drug-likeness (QED) is 0.841. The van der Waals surface area contributed by atoms with E-state index in [1.165, 1.54) is 11.3 Å². The summed E-state index contributed by atoms with van der Waals surface area (Å²) in [6.45, 7) is 2.02. The zero-order valence-corrected chi connectivity index (χ0v) is 11.5. The van der Waals surface area contributed by atoms with Gasteiger partial charge in [-0.2, -0.15) is 0 Å². The van der Waals surface area contributed by atoms with Crippen LogP contribution in [0.5, 0.6) is 0 Å². The lowest BCUT2D eigenvalue weighted by atomic mass is 10.1. The number of fused-ring (bicyclic) bond motifs is 1. The van der Waals surface area contributed by atoms with Crippen LogP contribution in [-0.2, 0) is 0 Å². The molecular formula is C14H15N3OS. The van der Waals surface area contributed by atoms with E-state index < -0.39 is 0 Å². The summed E-state index contributed by atoms with van der Waals surface area (Å²) >= 11 is 1.29. The second-order valence-electron chi connectivity index (χ2n) is 4.18. The molecule has 0 radical (unpaired) electrons. The molecule has 2 aromatic heterocycles. The molecule has 1 unspecified atom stereocenters. The van der Waals surface area contributed by atoms with E-state index in [2.05, 4.69) is 16.2 Å². The van der Waals surface area contributed by atoms with Gasteiger partial charge in [-0.25, -0.2) is 4.98 Å². The molecule has 0 saturated heterocycles. The molecule has 0 saturated carbocycles. The summed E-state index contributed by atoms with van der Waals surface area (Å²) in [6, 6.07) is 3.40. The molecule has 2 heterocycles. The second kappa shape index (κ2) is 5.72. The molecule has 0 aliphatic carbocycles. The molecule has 0 fully saturated rings. The number of rotatable bonds is 4. The number of aromatic nitrogens is 1. The van der Waals surface area contributed by atoms with Crippen molar-refractivity contribution in [2.24, 2.45) is 0 Å². The van der Waals surface area contributed by atoms with Gasteiger partial charge in [-0.1, -0.05) is 19.3 Å². The number of nitrogens with two attached hydrogens (primary N) is 1. The highest BCUT2D eigenvalue weighted by atomic mass is 32.1. The Labute approximate surface area is 116 Å². The summed E-state index contributed by atoms with van der Waals surface area (Å²) in [5.41, 5.74) is 6.46. The Balaban J connectivity index is 2.27. The van der Waals surface area contributed by atoms with Crippen molar-refractivity contribution in [3.05, 3.63) is 23.2 Å². The van der Waals surface area contributed by atoms with Gasteiger partial charge in [0.2, 0.25) is 0 Å². The number of nitrogen functional groups attached to an aromatic ring is 1. The lowest BCUT2D eigenvalue weighted by Gasteiger charge is -2.11. The third-order valence-electron chi connectivity index (χ3n) is 2.79. The smallest absolute Gasteiger partial charge is 0.264 e. The molecule has 0 bridgehead atoms. The van der Waals surface area contributed by atoms with Crippen LogP contribution in [-0.4, -0.2) is 16.9 Å². The Morgan fingerprint density at radius 1 is 1.68 bits per heavy atom. The van der Waals surface area contributed by atoms with E-state index in [0.717, 1.165) is 23.1 Å². The first-order chi connectivity index (χ1) is 9.17. The van der Waals surface area contributed by atoms with Crippen LogP contribution in [0.4, 0.5) is 5.69 Å². The summed E-state index contributed by atoms with van der Waals surface area (Å²) in [5, 5.41) is 3.62. The number of nitrogens with zero attached hydrogens (tertiary/aromatic N) is 1. The van der Waals surface area contributed by atoms with Crippen molar-refractivity contribution >= 4 is 33.1 Å². The van der Waals surface area contributed by atoms with Gasteiger partial charge in [0.25, 0.3) is 5.91 Å². The second-order valence-corrected chi connectivity index (χ2v) is 5.18. The van der Waals surface area contributed by atoms with Crippen LogP contribution in [0.15, 0.2) is 18.3 Å². The van der Waals surface area contributed by atoms with Crippen molar-refractivity contribution in [2.45, 2.75) is 25.8 Å². The van der Waals surface area contributed by atoms with E-state index in [0.29, 0.717) is 10.6 Å². The minimum atomic E-state index is -0.255. The van der Waals surface area contributed by atoms with Crippen LogP contribution in [0.1, 0.15) is 29.4 Å². The molecule has 0 aromatic carbocycles. The summed E-state index contributed by atoms with van der Waals surface area (Å²) in [6.07, 6.45) is 8.75. The average molecular weight is 273 g/mol. The summed E-state index contributed by atoms with van der Waals surface area (Å²) in [4.78, 5) is 17.6. The molecule has 1 atom stereocenters. The molecule has 0 spiro atoms. The number of carbonyl (C=O) groups excluding carboxylic acids is 1. The first kappa shape index (κ1) is 13.4. The van der Waals surface area contributed by atoms with E-state index in [9.17, 15) is 4.79 Å². The highest BCUT2D eigenvalue weighted by molar-refractivity contribution is 7.21. The zero-order chi connectivity index (χ0) is 13.8. The summed E-state index contributed by atoms with van der Waals surface area (Å²) < 4.78 is 0. The molecule has 4 nitrogen and oxygen atoms in total. The summed E-state index contributed by atoms with van der Waals surface area (Å²) in [7, 11) is 0. The number of hydrogen-bond acceptors (Lipinski definition) is 4. The van der Waals surface area contributed by atoms with E-state index in [1.807, 2.05) is 13.0 Å². The van der Waals surface area contributed by atoms with Crippen molar-refractivity contribution in [3.8, 4) is 12.3 Å². The van der Waals surface area contributed by atoms with Gasteiger partial charge in [0, 0.05) is 11.6 Å². The van der Waals surface area contributed by atoms with Gasteiger partial charge < -0.3 is 11.1 Å². The lowest BCUT2D eigenvalue weighted by Crippen LogP contribution is -2.33. The number of terminal acetylenes is 1. The van der Waals surface area contributed by atoms with Crippen molar-refractivity contribution in [3.63, 3.8) is 0 Å². The Kier molecular flexibility index (Phi) is 4.03. The molecule has 0 aliphatic heterocycles. The SMILES string of the molecule is C#CC(CCC)NC(=O)c1sc2ncccc2c1N. The van der Waals surface area contributed by atoms with Gasteiger partial charge >= 0.3 is 0 Å². The monoisotopic (exact) mass is 273 g/mol. The number of amides is 1. The minimum absolute atomic E-state index is 0.225. The Hall–Kier alpha value is -2.06. The molecule has 98 valence electrons. The van der Waals surface area contributed by atoms with E-state index in [1.54, 1.807) is 12.3 Å². The normalized spacial score (nSPS) is 12.0. The number of pyridine rings is 1. The van der Waals surface area contributed by atoms with Crippen LogP contribution < -0.4 is 11.1 Å². The van der Waals surface area contributed by atoms with Crippen LogP contribution in [0.25, 0.3) is 10.2 Å². The maximum atomic E-state index is 12.2. The molecule has 1 amide bonds. The van der Waals surface area contributed by atoms with Crippen LogP contribution in [0.3, 0.4) is 0 Å². The van der Waals surface area contributed by atoms with Gasteiger partial charge in [0.15, 0.2) is 0 Å². The predicted molar refractivity (Wildman–Crippen MR) is 79.0 cm³/mol. The number of thiophene rings is 1. The number of anilines is 1. The highest BCUT2D eigenvalue weighted by Crippen LogP contribution is 2.31. The third-order valence-corrected chi connectivity index (χ3v) is 3.92. The Bertz CT molecular complexity index is 642. The average Bonchev–Trinajstić information content (AvgIpc) is 2.76. The van der Waals surface area contributed by atoms with Gasteiger partial charge in [0.05, 0.1) is 11.7 Å². The van der Waals surface area contributed by atoms with Crippen molar-refractivity contribution in [1.29, 1.82) is 0 Å². The molecule has 2 aromatic rings. The zero-order valence-electron chi connectivity index (χ0n) is 10.6. The minimum Gasteiger partial charge on any atom is -0.397 e. The topological polar surface area (TPSA) is 68.0 Å². The molecule has 5 heteroatoms. The number of nitrogens with one attached hydrogen (secondary N) is 1. The largest absolute Gasteiger partial charge is 0.397 e. The van der Waals surface area contributed by atoms with Crippen molar-refractivity contribution < 1.29 is 4.79 Å². The van der Waals surface area contributed by atoms with Gasteiger partial charge in [0.1, 0.15) is 9.71 Å². The molecule has 2 rings (SSSR count). The van der Waals surface area contributed by atoms with E-state index in [4.69, 9.17) is 12.2 Å². The fourth-order valence-electron chi connectivity index (χ4n) is 1.83. The van der Waals surface area contributed by atoms with Crippen molar-refractivity contribution in [1.82, 2.24) is 10.3 Å². The van der Waals surface area contributed by atoms with Gasteiger partial charge in [-0.05, 0) is 18.6 Å². The molecule has 0 aliphatic rings. The van der Waals surface area contributed by atoms with Gasteiger partial charge in [-0.15, -0.1) is 17.8 Å². The van der Waals surface area contributed by atoms with Crippen LogP contribution in [0, 0.1) is 12.3 Å². The van der Waals surface area contributed by atoms with Crippen LogP contribution in [0.2, 0.25) is 0 Å².